The first kappa shape index (κ1) is 10.3. The summed E-state index contributed by atoms with van der Waals surface area (Å²) in [5.41, 5.74) is 1.39. The fraction of sp³-hybridized carbons (Fsp3) is 0.300. The molecule has 1 heterocycles. The molecule has 0 bridgehead atoms. The maximum atomic E-state index is 10.6. The molecule has 1 aliphatic rings. The van der Waals surface area contributed by atoms with Crippen LogP contribution in [0.2, 0.25) is 5.02 Å². The van der Waals surface area contributed by atoms with Crippen LogP contribution in [-0.4, -0.2) is 17.9 Å². The van der Waals surface area contributed by atoms with E-state index in [1.165, 1.54) is 0 Å². The zero-order chi connectivity index (χ0) is 10.8. The Morgan fingerprint density at radius 2 is 2.33 bits per heavy atom. The molecular weight excluding hydrogens is 220 g/mol. The van der Waals surface area contributed by atoms with E-state index in [4.69, 9.17) is 26.2 Å². The van der Waals surface area contributed by atoms with Crippen LogP contribution in [0.5, 0.6) is 5.75 Å². The van der Waals surface area contributed by atoms with Crippen LogP contribution in [-0.2, 0) is 22.6 Å². The number of carbonyl (C=O) groups is 1. The molecule has 5 heteroatoms. The van der Waals surface area contributed by atoms with Gasteiger partial charge in [0.2, 0.25) is 0 Å². The van der Waals surface area contributed by atoms with Gasteiger partial charge in [0.25, 0.3) is 0 Å². The first-order valence-electron chi connectivity index (χ1n) is 4.40. The Balaban J connectivity index is 2.43. The van der Waals surface area contributed by atoms with Crippen molar-refractivity contribution in [1.29, 1.82) is 0 Å². The van der Waals surface area contributed by atoms with E-state index in [1.807, 2.05) is 0 Å². The quantitative estimate of drug-likeness (QED) is 0.839. The number of carboxylic acids is 1. The summed E-state index contributed by atoms with van der Waals surface area (Å²) in [6.45, 7) is 0.559. The van der Waals surface area contributed by atoms with Crippen LogP contribution < -0.4 is 4.74 Å². The molecule has 0 fully saturated rings. The van der Waals surface area contributed by atoms with Gasteiger partial charge in [-0.1, -0.05) is 11.6 Å². The standard InChI is InChI=1S/C10H9ClO4/c11-8-1-6(3-9(12)13)10-7(2-8)4-14-5-15-10/h1-2H,3-5H2,(H,12,13). The molecule has 80 valence electrons. The lowest BCUT2D eigenvalue weighted by molar-refractivity contribution is -0.136. The normalized spacial score (nSPS) is 14.2. The molecule has 0 saturated heterocycles. The summed E-state index contributed by atoms with van der Waals surface area (Å²) < 4.78 is 10.3. The number of halogens is 1. The van der Waals surface area contributed by atoms with E-state index in [1.54, 1.807) is 12.1 Å². The van der Waals surface area contributed by atoms with Gasteiger partial charge in [0, 0.05) is 16.1 Å². The summed E-state index contributed by atoms with van der Waals surface area (Å²) in [5.74, 6) is -0.317. The van der Waals surface area contributed by atoms with Crippen molar-refractivity contribution in [1.82, 2.24) is 0 Å². The molecule has 0 amide bonds. The van der Waals surface area contributed by atoms with Crippen LogP contribution >= 0.6 is 11.6 Å². The molecule has 0 atom stereocenters. The number of fused-ring (bicyclic) bond motifs is 1. The molecule has 0 aliphatic carbocycles. The van der Waals surface area contributed by atoms with Crippen molar-refractivity contribution in [2.24, 2.45) is 0 Å². The molecule has 1 aromatic carbocycles. The lowest BCUT2D eigenvalue weighted by Gasteiger charge is -2.20. The second-order valence-electron chi connectivity index (χ2n) is 3.23. The van der Waals surface area contributed by atoms with E-state index in [0.29, 0.717) is 22.9 Å². The third kappa shape index (κ3) is 2.22. The summed E-state index contributed by atoms with van der Waals surface area (Å²) in [5, 5.41) is 9.23. The van der Waals surface area contributed by atoms with Crippen LogP contribution in [0.1, 0.15) is 11.1 Å². The average Bonchev–Trinajstić information content (AvgIpc) is 2.16. The van der Waals surface area contributed by atoms with Crippen LogP contribution in [0.25, 0.3) is 0 Å². The molecule has 15 heavy (non-hydrogen) atoms. The van der Waals surface area contributed by atoms with E-state index in [2.05, 4.69) is 0 Å². The number of rotatable bonds is 2. The SMILES string of the molecule is O=C(O)Cc1cc(Cl)cc2c1OCOC2. The fourth-order valence-electron chi connectivity index (χ4n) is 1.55. The van der Waals surface area contributed by atoms with E-state index in [0.717, 1.165) is 5.56 Å². The second kappa shape index (κ2) is 4.08. The first-order valence-corrected chi connectivity index (χ1v) is 4.78. The molecule has 0 saturated carbocycles. The van der Waals surface area contributed by atoms with Gasteiger partial charge in [0.15, 0.2) is 6.79 Å². The van der Waals surface area contributed by atoms with Gasteiger partial charge in [-0.25, -0.2) is 0 Å². The van der Waals surface area contributed by atoms with Crippen molar-refractivity contribution in [3.8, 4) is 5.75 Å². The minimum atomic E-state index is -0.908. The molecule has 1 aliphatic heterocycles. The minimum absolute atomic E-state index is 0.0944. The predicted octanol–water partition coefficient (Wildman–Crippen LogP) is 1.83. The van der Waals surface area contributed by atoms with E-state index >= 15 is 0 Å². The van der Waals surface area contributed by atoms with Crippen molar-refractivity contribution < 1.29 is 19.4 Å². The number of hydrogen-bond acceptors (Lipinski definition) is 3. The Labute approximate surface area is 91.4 Å². The lowest BCUT2D eigenvalue weighted by atomic mass is 10.1. The van der Waals surface area contributed by atoms with Gasteiger partial charge in [-0.3, -0.25) is 4.79 Å². The monoisotopic (exact) mass is 228 g/mol. The van der Waals surface area contributed by atoms with Gasteiger partial charge < -0.3 is 14.6 Å². The summed E-state index contributed by atoms with van der Waals surface area (Å²) >= 11 is 5.86. The molecule has 4 nitrogen and oxygen atoms in total. The highest BCUT2D eigenvalue weighted by Gasteiger charge is 2.17. The largest absolute Gasteiger partial charge is 0.481 e. The highest BCUT2D eigenvalue weighted by molar-refractivity contribution is 6.30. The van der Waals surface area contributed by atoms with E-state index in [-0.39, 0.29) is 13.2 Å². The summed E-state index contributed by atoms with van der Waals surface area (Å²) in [6, 6.07) is 3.33. The highest BCUT2D eigenvalue weighted by atomic mass is 35.5. The highest BCUT2D eigenvalue weighted by Crippen LogP contribution is 2.31. The number of aliphatic carboxylic acids is 1. The molecular formula is C10H9ClO4. The van der Waals surface area contributed by atoms with Crippen LogP contribution in [0.3, 0.4) is 0 Å². The Bertz CT molecular complexity index is 403. The molecule has 0 aromatic heterocycles. The van der Waals surface area contributed by atoms with Crippen LogP contribution in [0, 0.1) is 0 Å². The van der Waals surface area contributed by atoms with Gasteiger partial charge >= 0.3 is 5.97 Å². The topological polar surface area (TPSA) is 55.8 Å². The first-order chi connectivity index (χ1) is 7.16. The second-order valence-corrected chi connectivity index (χ2v) is 3.67. The molecule has 0 radical (unpaired) electrons. The molecule has 0 spiro atoms. The van der Waals surface area contributed by atoms with Crippen molar-refractivity contribution >= 4 is 17.6 Å². The lowest BCUT2D eigenvalue weighted by Crippen LogP contribution is -2.14. The van der Waals surface area contributed by atoms with Gasteiger partial charge in [-0.15, -0.1) is 0 Å². The minimum Gasteiger partial charge on any atom is -0.481 e. The molecule has 1 aromatic rings. The average molecular weight is 229 g/mol. The van der Waals surface area contributed by atoms with Crippen molar-refractivity contribution in [2.45, 2.75) is 13.0 Å². The predicted molar refractivity (Wildman–Crippen MR) is 53.1 cm³/mol. The van der Waals surface area contributed by atoms with Gasteiger partial charge in [0.1, 0.15) is 5.75 Å². The van der Waals surface area contributed by atoms with Crippen LogP contribution in [0.4, 0.5) is 0 Å². The summed E-state index contributed by atoms with van der Waals surface area (Å²) in [7, 11) is 0. The number of benzene rings is 1. The number of ether oxygens (including phenoxy) is 2. The summed E-state index contributed by atoms with van der Waals surface area (Å²) in [4.78, 5) is 10.6. The summed E-state index contributed by atoms with van der Waals surface area (Å²) in [6.07, 6.45) is -0.0944. The van der Waals surface area contributed by atoms with Crippen LogP contribution in [0.15, 0.2) is 12.1 Å². The van der Waals surface area contributed by atoms with Gasteiger partial charge in [-0.05, 0) is 12.1 Å². The van der Waals surface area contributed by atoms with Gasteiger partial charge in [-0.2, -0.15) is 0 Å². The van der Waals surface area contributed by atoms with Crippen molar-refractivity contribution in [3.63, 3.8) is 0 Å². The molecule has 1 N–H and O–H groups in total. The van der Waals surface area contributed by atoms with Gasteiger partial charge in [0.05, 0.1) is 13.0 Å². The zero-order valence-corrected chi connectivity index (χ0v) is 8.58. The Morgan fingerprint density at radius 1 is 1.53 bits per heavy atom. The third-order valence-corrected chi connectivity index (χ3v) is 2.31. The maximum absolute atomic E-state index is 10.6. The molecule has 2 rings (SSSR count). The fourth-order valence-corrected chi connectivity index (χ4v) is 1.81. The number of hydrogen-bond donors (Lipinski definition) is 1. The molecule has 0 unspecified atom stereocenters. The Morgan fingerprint density at radius 3 is 3.07 bits per heavy atom. The zero-order valence-electron chi connectivity index (χ0n) is 7.83. The maximum Gasteiger partial charge on any atom is 0.307 e. The van der Waals surface area contributed by atoms with E-state index < -0.39 is 5.97 Å². The third-order valence-electron chi connectivity index (χ3n) is 2.09. The smallest absolute Gasteiger partial charge is 0.307 e. The van der Waals surface area contributed by atoms with Crippen molar-refractivity contribution in [3.05, 3.63) is 28.3 Å². The Kier molecular flexibility index (Phi) is 2.79. The Hall–Kier alpha value is -1.26. The van der Waals surface area contributed by atoms with Crippen molar-refractivity contribution in [2.75, 3.05) is 6.79 Å². The number of carboxylic acid groups (broad SMARTS) is 1. The van der Waals surface area contributed by atoms with E-state index in [9.17, 15) is 4.79 Å².